The predicted octanol–water partition coefficient (Wildman–Crippen LogP) is -2.47. The standard InChI is InChI=1S/C9H8O7S.Na.H/c1-16-9(12)6-3-2-5(17(13,14)15)4-7(6)8(10)11;;/h2-4H,1H3,(H,10,11)(H,13,14,15);;/q;+1;-1. The van der Waals surface area contributed by atoms with Gasteiger partial charge in [-0.2, -0.15) is 8.42 Å². The number of carbonyl (C=O) groups excluding carboxylic acids is 1. The minimum atomic E-state index is -4.52. The summed E-state index contributed by atoms with van der Waals surface area (Å²) in [5.74, 6) is -2.42. The van der Waals surface area contributed by atoms with Crippen LogP contribution in [0.2, 0.25) is 0 Å². The summed E-state index contributed by atoms with van der Waals surface area (Å²) >= 11 is 0. The number of benzene rings is 1. The SMILES string of the molecule is COC(=O)c1ccc(S(=O)(=O)O)cc1C(=O)O.[H-].[Na+]. The first-order chi connectivity index (χ1) is 7.77. The van der Waals surface area contributed by atoms with Crippen LogP contribution in [0.5, 0.6) is 0 Å². The number of hydrogen-bond acceptors (Lipinski definition) is 5. The summed E-state index contributed by atoms with van der Waals surface area (Å²) in [6.45, 7) is 0. The summed E-state index contributed by atoms with van der Waals surface area (Å²) in [6.07, 6.45) is 0. The summed E-state index contributed by atoms with van der Waals surface area (Å²) < 4.78 is 34.7. The maximum atomic E-state index is 11.2. The second kappa shape index (κ2) is 6.30. The molecule has 0 saturated heterocycles. The number of methoxy groups -OCH3 is 1. The zero-order valence-corrected chi connectivity index (χ0v) is 12.4. The molecule has 0 radical (unpaired) electrons. The number of ether oxygens (including phenoxy) is 1. The average molecular weight is 284 g/mol. The van der Waals surface area contributed by atoms with Gasteiger partial charge in [0.25, 0.3) is 10.1 Å². The van der Waals surface area contributed by atoms with Crippen LogP contribution in [-0.2, 0) is 14.9 Å². The predicted molar refractivity (Wildman–Crippen MR) is 55.7 cm³/mol. The van der Waals surface area contributed by atoms with Crippen LogP contribution in [0.15, 0.2) is 23.1 Å². The largest absolute Gasteiger partial charge is 1.00 e. The molecule has 94 valence electrons. The Labute approximate surface area is 126 Å². The summed E-state index contributed by atoms with van der Waals surface area (Å²) in [5.41, 5.74) is -0.862. The molecule has 0 unspecified atom stereocenters. The molecule has 0 aliphatic rings. The Morgan fingerprint density at radius 3 is 2.22 bits per heavy atom. The molecule has 0 aromatic heterocycles. The van der Waals surface area contributed by atoms with E-state index < -0.39 is 32.5 Å². The van der Waals surface area contributed by atoms with Crippen molar-refractivity contribution in [3.8, 4) is 0 Å². The smallest absolute Gasteiger partial charge is 1.00 e. The Kier molecular flexibility index (Phi) is 5.97. The Balaban J connectivity index is 0. The van der Waals surface area contributed by atoms with Gasteiger partial charge in [0, 0.05) is 0 Å². The number of carbonyl (C=O) groups is 2. The normalized spacial score (nSPS) is 10.3. The molecule has 0 atom stereocenters. The van der Waals surface area contributed by atoms with E-state index in [1.807, 2.05) is 0 Å². The second-order valence-electron chi connectivity index (χ2n) is 2.98. The maximum absolute atomic E-state index is 11.2. The molecule has 7 nitrogen and oxygen atoms in total. The molecule has 9 heteroatoms. The first-order valence-corrected chi connectivity index (χ1v) is 5.64. The molecule has 0 heterocycles. The number of rotatable bonds is 3. The van der Waals surface area contributed by atoms with Gasteiger partial charge in [-0.25, -0.2) is 9.59 Å². The molecular weight excluding hydrogens is 275 g/mol. The second-order valence-corrected chi connectivity index (χ2v) is 4.40. The number of hydrogen-bond donors (Lipinski definition) is 2. The van der Waals surface area contributed by atoms with Gasteiger partial charge in [0.15, 0.2) is 0 Å². The van der Waals surface area contributed by atoms with Crippen molar-refractivity contribution in [2.75, 3.05) is 7.11 Å². The van der Waals surface area contributed by atoms with Crippen molar-refractivity contribution in [1.82, 2.24) is 0 Å². The topological polar surface area (TPSA) is 118 Å². The van der Waals surface area contributed by atoms with E-state index in [2.05, 4.69) is 4.74 Å². The van der Waals surface area contributed by atoms with Crippen molar-refractivity contribution in [2.24, 2.45) is 0 Å². The fraction of sp³-hybridized carbons (Fsp3) is 0.111. The molecule has 2 N–H and O–H groups in total. The molecule has 0 amide bonds. The fourth-order valence-corrected chi connectivity index (χ4v) is 1.66. The van der Waals surface area contributed by atoms with Gasteiger partial charge in [0.05, 0.1) is 23.1 Å². The zero-order chi connectivity index (χ0) is 13.2. The molecular formula is C9H9NaO7S. The van der Waals surface area contributed by atoms with Crippen LogP contribution >= 0.6 is 0 Å². The number of aromatic carboxylic acids is 1. The van der Waals surface area contributed by atoms with Crippen LogP contribution in [0.3, 0.4) is 0 Å². The summed E-state index contributed by atoms with van der Waals surface area (Å²) in [4.78, 5) is 21.4. The summed E-state index contributed by atoms with van der Waals surface area (Å²) in [7, 11) is -3.46. The van der Waals surface area contributed by atoms with Gasteiger partial charge in [0.2, 0.25) is 0 Å². The van der Waals surface area contributed by atoms with E-state index in [-0.39, 0.29) is 36.5 Å². The molecule has 0 bridgehead atoms. The number of carboxylic acids is 1. The molecule has 18 heavy (non-hydrogen) atoms. The molecule has 0 saturated carbocycles. The Bertz CT molecular complexity index is 584. The van der Waals surface area contributed by atoms with Crippen molar-refractivity contribution in [2.45, 2.75) is 4.90 Å². The minimum Gasteiger partial charge on any atom is -1.00 e. The average Bonchev–Trinajstić information content (AvgIpc) is 2.25. The van der Waals surface area contributed by atoms with Crippen LogP contribution in [0, 0.1) is 0 Å². The van der Waals surface area contributed by atoms with Crippen molar-refractivity contribution in [1.29, 1.82) is 0 Å². The van der Waals surface area contributed by atoms with Gasteiger partial charge in [0.1, 0.15) is 0 Å². The Morgan fingerprint density at radius 2 is 1.83 bits per heavy atom. The van der Waals surface area contributed by atoms with Crippen molar-refractivity contribution in [3.63, 3.8) is 0 Å². The minimum absolute atomic E-state index is 0. The summed E-state index contributed by atoms with van der Waals surface area (Å²) in [6, 6.07) is 2.55. The van der Waals surface area contributed by atoms with Crippen molar-refractivity contribution in [3.05, 3.63) is 29.3 Å². The van der Waals surface area contributed by atoms with Gasteiger partial charge >= 0.3 is 41.5 Å². The molecule has 1 aromatic rings. The first-order valence-electron chi connectivity index (χ1n) is 4.20. The molecule has 1 rings (SSSR count). The van der Waals surface area contributed by atoms with Crippen LogP contribution in [0.25, 0.3) is 0 Å². The number of esters is 1. The van der Waals surface area contributed by atoms with E-state index >= 15 is 0 Å². The van der Waals surface area contributed by atoms with Gasteiger partial charge in [-0.15, -0.1) is 0 Å². The Morgan fingerprint density at radius 1 is 1.28 bits per heavy atom. The van der Waals surface area contributed by atoms with E-state index in [0.717, 1.165) is 19.2 Å². The van der Waals surface area contributed by atoms with Crippen LogP contribution in [0.4, 0.5) is 0 Å². The molecule has 0 spiro atoms. The third-order valence-electron chi connectivity index (χ3n) is 1.92. The van der Waals surface area contributed by atoms with E-state index in [0.29, 0.717) is 6.07 Å². The first kappa shape index (κ1) is 17.1. The molecule has 0 aliphatic carbocycles. The van der Waals surface area contributed by atoms with E-state index in [9.17, 15) is 18.0 Å². The zero-order valence-electron chi connectivity index (χ0n) is 10.6. The van der Waals surface area contributed by atoms with E-state index in [1.54, 1.807) is 0 Å². The fourth-order valence-electron chi connectivity index (χ4n) is 1.15. The van der Waals surface area contributed by atoms with Crippen molar-refractivity contribution >= 4 is 22.1 Å². The van der Waals surface area contributed by atoms with Crippen LogP contribution in [-0.4, -0.2) is 37.1 Å². The monoisotopic (exact) mass is 284 g/mol. The molecule has 0 aliphatic heterocycles. The Hall–Kier alpha value is -0.930. The van der Waals surface area contributed by atoms with Gasteiger partial charge in [-0.1, -0.05) is 0 Å². The van der Waals surface area contributed by atoms with Gasteiger partial charge in [-0.3, -0.25) is 4.55 Å². The van der Waals surface area contributed by atoms with Gasteiger partial charge < -0.3 is 11.3 Å². The van der Waals surface area contributed by atoms with Crippen LogP contribution < -0.4 is 29.6 Å². The third kappa shape index (κ3) is 3.79. The van der Waals surface area contributed by atoms with E-state index in [1.165, 1.54) is 0 Å². The molecule has 0 fully saturated rings. The number of carboxylic acid groups (broad SMARTS) is 1. The maximum Gasteiger partial charge on any atom is 1.00 e. The molecule has 1 aromatic carbocycles. The summed E-state index contributed by atoms with van der Waals surface area (Å²) in [5, 5.41) is 8.82. The van der Waals surface area contributed by atoms with Crippen LogP contribution in [0.1, 0.15) is 22.1 Å². The van der Waals surface area contributed by atoms with Gasteiger partial charge in [-0.05, 0) is 18.2 Å². The third-order valence-corrected chi connectivity index (χ3v) is 2.77. The van der Waals surface area contributed by atoms with Crippen molar-refractivity contribution < 1.29 is 63.4 Å². The quantitative estimate of drug-likeness (QED) is 0.359. The van der Waals surface area contributed by atoms with E-state index in [4.69, 9.17) is 9.66 Å².